The SMILES string of the molecule is CNC(=O)C1CCCC12CCN(C(=O)c1ccccc1F)C2. The molecule has 0 radical (unpaired) electrons. The van der Waals surface area contributed by atoms with Crippen LogP contribution >= 0.6 is 0 Å². The summed E-state index contributed by atoms with van der Waals surface area (Å²) in [6.07, 6.45) is 3.68. The molecule has 4 nitrogen and oxygen atoms in total. The molecule has 1 saturated carbocycles. The van der Waals surface area contributed by atoms with Crippen LogP contribution in [0.25, 0.3) is 0 Å². The number of amides is 2. The molecule has 1 saturated heterocycles. The van der Waals surface area contributed by atoms with Crippen molar-refractivity contribution in [1.82, 2.24) is 10.2 Å². The lowest BCUT2D eigenvalue weighted by molar-refractivity contribution is -0.127. The Bertz CT molecular complexity index is 604. The van der Waals surface area contributed by atoms with E-state index in [9.17, 15) is 14.0 Å². The van der Waals surface area contributed by atoms with E-state index < -0.39 is 5.82 Å². The lowest BCUT2D eigenvalue weighted by atomic mass is 9.76. The molecule has 0 bridgehead atoms. The van der Waals surface area contributed by atoms with Crippen molar-refractivity contribution in [2.45, 2.75) is 25.7 Å². The fourth-order valence-electron chi connectivity index (χ4n) is 4.08. The number of nitrogens with zero attached hydrogens (tertiary/aromatic N) is 1. The standard InChI is InChI=1S/C17H21FN2O2/c1-19-15(21)13-6-4-8-17(13)9-10-20(11-17)16(22)12-5-2-3-7-14(12)18/h2-3,5,7,13H,4,6,8-11H2,1H3,(H,19,21). The van der Waals surface area contributed by atoms with E-state index in [0.717, 1.165) is 25.7 Å². The van der Waals surface area contributed by atoms with Crippen molar-refractivity contribution in [3.63, 3.8) is 0 Å². The van der Waals surface area contributed by atoms with E-state index in [1.807, 2.05) is 0 Å². The minimum atomic E-state index is -0.484. The van der Waals surface area contributed by atoms with Gasteiger partial charge in [0.2, 0.25) is 5.91 Å². The zero-order chi connectivity index (χ0) is 15.7. The maximum Gasteiger partial charge on any atom is 0.256 e. The first-order chi connectivity index (χ1) is 10.6. The molecule has 0 aromatic heterocycles. The molecule has 3 rings (SSSR count). The van der Waals surface area contributed by atoms with Crippen LogP contribution in [0.4, 0.5) is 4.39 Å². The minimum absolute atomic E-state index is 0.0316. The quantitative estimate of drug-likeness (QED) is 0.910. The lowest BCUT2D eigenvalue weighted by Crippen LogP contribution is -2.40. The van der Waals surface area contributed by atoms with Crippen molar-refractivity contribution >= 4 is 11.8 Å². The van der Waals surface area contributed by atoms with Crippen molar-refractivity contribution in [2.75, 3.05) is 20.1 Å². The van der Waals surface area contributed by atoms with Gasteiger partial charge in [-0.3, -0.25) is 9.59 Å². The Hall–Kier alpha value is -1.91. The Labute approximate surface area is 129 Å². The van der Waals surface area contributed by atoms with Crippen LogP contribution in [0.3, 0.4) is 0 Å². The average Bonchev–Trinajstić information content (AvgIpc) is 3.14. The van der Waals surface area contributed by atoms with Gasteiger partial charge in [-0.05, 0) is 31.4 Å². The van der Waals surface area contributed by atoms with Gasteiger partial charge in [-0.15, -0.1) is 0 Å². The molecule has 1 spiro atoms. The Morgan fingerprint density at radius 3 is 2.82 bits per heavy atom. The molecule has 1 N–H and O–H groups in total. The summed E-state index contributed by atoms with van der Waals surface area (Å²) in [5.41, 5.74) is -0.00452. The first-order valence-electron chi connectivity index (χ1n) is 7.83. The number of carbonyl (C=O) groups excluding carboxylic acids is 2. The Morgan fingerprint density at radius 1 is 1.32 bits per heavy atom. The molecule has 2 unspecified atom stereocenters. The zero-order valence-corrected chi connectivity index (χ0v) is 12.8. The van der Waals surface area contributed by atoms with Crippen LogP contribution in [0.15, 0.2) is 24.3 Å². The van der Waals surface area contributed by atoms with Gasteiger partial charge in [-0.2, -0.15) is 0 Å². The maximum atomic E-state index is 13.8. The Balaban J connectivity index is 1.79. The lowest BCUT2D eigenvalue weighted by Gasteiger charge is -2.30. The molecule has 118 valence electrons. The second-order valence-electron chi connectivity index (χ2n) is 6.38. The van der Waals surface area contributed by atoms with Crippen LogP contribution in [0.5, 0.6) is 0 Å². The monoisotopic (exact) mass is 304 g/mol. The molecule has 2 atom stereocenters. The first-order valence-corrected chi connectivity index (χ1v) is 7.83. The fraction of sp³-hybridized carbons (Fsp3) is 0.529. The summed E-state index contributed by atoms with van der Waals surface area (Å²) in [5.74, 6) is -0.714. The molecule has 5 heteroatoms. The van der Waals surface area contributed by atoms with E-state index in [1.54, 1.807) is 24.1 Å². The van der Waals surface area contributed by atoms with Gasteiger partial charge in [0.25, 0.3) is 5.91 Å². The molecule has 1 aliphatic heterocycles. The molecule has 22 heavy (non-hydrogen) atoms. The number of halogens is 1. The van der Waals surface area contributed by atoms with Gasteiger partial charge in [0.05, 0.1) is 5.56 Å². The smallest absolute Gasteiger partial charge is 0.256 e. The van der Waals surface area contributed by atoms with Crippen LogP contribution in [-0.2, 0) is 4.79 Å². The second kappa shape index (κ2) is 5.71. The van der Waals surface area contributed by atoms with Crippen molar-refractivity contribution in [1.29, 1.82) is 0 Å². The minimum Gasteiger partial charge on any atom is -0.359 e. The van der Waals surface area contributed by atoms with Crippen LogP contribution in [0, 0.1) is 17.2 Å². The summed E-state index contributed by atoms with van der Waals surface area (Å²) in [4.78, 5) is 26.3. The van der Waals surface area contributed by atoms with Crippen molar-refractivity contribution in [3.8, 4) is 0 Å². The van der Waals surface area contributed by atoms with Gasteiger partial charge in [-0.1, -0.05) is 18.6 Å². The van der Waals surface area contributed by atoms with Crippen LogP contribution in [0.2, 0.25) is 0 Å². The number of hydrogen-bond donors (Lipinski definition) is 1. The van der Waals surface area contributed by atoms with E-state index in [4.69, 9.17) is 0 Å². The summed E-state index contributed by atoms with van der Waals surface area (Å²) in [6.45, 7) is 1.15. The molecule has 1 aliphatic carbocycles. The normalized spacial score (nSPS) is 27.4. The van der Waals surface area contributed by atoms with Gasteiger partial charge in [-0.25, -0.2) is 4.39 Å². The van der Waals surface area contributed by atoms with E-state index in [2.05, 4.69) is 5.32 Å². The van der Waals surface area contributed by atoms with E-state index in [0.29, 0.717) is 13.1 Å². The van der Waals surface area contributed by atoms with Crippen molar-refractivity contribution < 1.29 is 14.0 Å². The Kier molecular flexibility index (Phi) is 3.89. The van der Waals surface area contributed by atoms with E-state index in [-0.39, 0.29) is 28.7 Å². The molecular weight excluding hydrogens is 283 g/mol. The molecule has 1 aromatic carbocycles. The van der Waals surface area contributed by atoms with Gasteiger partial charge in [0.15, 0.2) is 0 Å². The topological polar surface area (TPSA) is 49.4 Å². The molecule has 2 fully saturated rings. The largest absolute Gasteiger partial charge is 0.359 e. The van der Waals surface area contributed by atoms with Crippen molar-refractivity contribution in [2.24, 2.45) is 11.3 Å². The van der Waals surface area contributed by atoms with Crippen molar-refractivity contribution in [3.05, 3.63) is 35.6 Å². The molecule has 2 aliphatic rings. The summed E-state index contributed by atoms with van der Waals surface area (Å²) in [5, 5.41) is 2.74. The highest BCUT2D eigenvalue weighted by atomic mass is 19.1. The highest BCUT2D eigenvalue weighted by Crippen LogP contribution is 2.50. The van der Waals surface area contributed by atoms with E-state index in [1.165, 1.54) is 12.1 Å². The number of benzene rings is 1. The van der Waals surface area contributed by atoms with Gasteiger partial charge >= 0.3 is 0 Å². The fourth-order valence-corrected chi connectivity index (χ4v) is 4.08. The zero-order valence-electron chi connectivity index (χ0n) is 12.8. The van der Waals surface area contributed by atoms with Crippen LogP contribution < -0.4 is 5.32 Å². The van der Waals surface area contributed by atoms with E-state index >= 15 is 0 Å². The predicted octanol–water partition coefficient (Wildman–Crippen LogP) is 2.20. The Morgan fingerprint density at radius 2 is 2.09 bits per heavy atom. The number of carbonyl (C=O) groups is 2. The highest BCUT2D eigenvalue weighted by molar-refractivity contribution is 5.94. The number of likely N-dealkylation sites (tertiary alicyclic amines) is 1. The number of hydrogen-bond acceptors (Lipinski definition) is 2. The summed E-state index contributed by atoms with van der Waals surface area (Å²) in [7, 11) is 1.66. The number of nitrogens with one attached hydrogen (secondary N) is 1. The molecule has 2 amide bonds. The van der Waals surface area contributed by atoms with Gasteiger partial charge in [0.1, 0.15) is 5.82 Å². The van der Waals surface area contributed by atoms with Crippen LogP contribution in [-0.4, -0.2) is 36.9 Å². The van der Waals surface area contributed by atoms with Gasteiger partial charge in [0, 0.05) is 31.5 Å². The third kappa shape index (κ3) is 2.38. The summed E-state index contributed by atoms with van der Waals surface area (Å²) in [6, 6.07) is 6.08. The third-order valence-corrected chi connectivity index (χ3v) is 5.25. The first kappa shape index (κ1) is 15.0. The number of rotatable bonds is 2. The van der Waals surface area contributed by atoms with Gasteiger partial charge < -0.3 is 10.2 Å². The average molecular weight is 304 g/mol. The molecular formula is C17H21FN2O2. The molecule has 1 aromatic rings. The highest BCUT2D eigenvalue weighted by Gasteiger charge is 2.51. The summed E-state index contributed by atoms with van der Waals surface area (Å²) >= 11 is 0. The summed E-state index contributed by atoms with van der Waals surface area (Å²) < 4.78 is 13.8. The third-order valence-electron chi connectivity index (χ3n) is 5.25. The second-order valence-corrected chi connectivity index (χ2v) is 6.38. The molecule has 1 heterocycles. The maximum absolute atomic E-state index is 13.8. The van der Waals surface area contributed by atoms with Crippen LogP contribution in [0.1, 0.15) is 36.0 Å². The predicted molar refractivity (Wildman–Crippen MR) is 80.8 cm³/mol.